The van der Waals surface area contributed by atoms with Crippen LogP contribution in [0.3, 0.4) is 0 Å². The van der Waals surface area contributed by atoms with Crippen molar-refractivity contribution in [2.45, 2.75) is 26.1 Å². The van der Waals surface area contributed by atoms with Crippen LogP contribution in [0.15, 0.2) is 42.5 Å². The smallest absolute Gasteiger partial charge is 0.329 e. The van der Waals surface area contributed by atoms with Gasteiger partial charge in [0.1, 0.15) is 0 Å². The molecule has 5 nitrogen and oxygen atoms in total. The number of hydrogen-bond acceptors (Lipinski definition) is 2. The first kappa shape index (κ1) is 19.7. The molecule has 0 saturated carbocycles. The Hall–Kier alpha value is -3.03. The lowest BCUT2D eigenvalue weighted by Crippen LogP contribution is -2.45. The van der Waals surface area contributed by atoms with Crippen LogP contribution < -0.4 is 10.6 Å². The van der Waals surface area contributed by atoms with Crippen LogP contribution in [0.2, 0.25) is 0 Å². The molecular formula is C20H20F3N3O2. The fourth-order valence-corrected chi connectivity index (χ4v) is 3.15. The van der Waals surface area contributed by atoms with Crippen molar-refractivity contribution in [2.24, 2.45) is 0 Å². The van der Waals surface area contributed by atoms with Gasteiger partial charge in [-0.25, -0.2) is 4.79 Å². The molecule has 3 amide bonds. The molecule has 0 spiro atoms. The molecule has 0 aromatic heterocycles. The van der Waals surface area contributed by atoms with Gasteiger partial charge in [0, 0.05) is 18.8 Å². The highest BCUT2D eigenvalue weighted by atomic mass is 19.4. The van der Waals surface area contributed by atoms with E-state index in [1.54, 1.807) is 4.90 Å². The second kappa shape index (κ2) is 7.92. The zero-order valence-corrected chi connectivity index (χ0v) is 15.3. The normalized spacial score (nSPS) is 13.6. The van der Waals surface area contributed by atoms with Crippen molar-refractivity contribution < 1.29 is 22.8 Å². The second-order valence-corrected chi connectivity index (χ2v) is 6.67. The van der Waals surface area contributed by atoms with Gasteiger partial charge in [-0.15, -0.1) is 0 Å². The highest BCUT2D eigenvalue weighted by molar-refractivity contribution is 5.94. The number of nitrogens with zero attached hydrogens (tertiary/aromatic N) is 1. The van der Waals surface area contributed by atoms with Gasteiger partial charge in [0.15, 0.2) is 0 Å². The molecule has 0 atom stereocenters. The van der Waals surface area contributed by atoms with Crippen molar-refractivity contribution >= 4 is 17.6 Å². The lowest BCUT2D eigenvalue weighted by Gasteiger charge is -2.28. The number of fused-ring (bicyclic) bond motifs is 1. The molecular weight excluding hydrogens is 371 g/mol. The number of nitrogens with one attached hydrogen (secondary N) is 2. The minimum Gasteiger partial charge on any atom is -0.329 e. The Morgan fingerprint density at radius 1 is 1.11 bits per heavy atom. The van der Waals surface area contributed by atoms with Crippen LogP contribution in [0, 0.1) is 6.92 Å². The third-order valence-corrected chi connectivity index (χ3v) is 4.64. The number of carbonyl (C=O) groups excluding carboxylic acids is 2. The molecule has 0 saturated heterocycles. The average Bonchev–Trinajstić information content (AvgIpc) is 2.66. The number of carbonyl (C=O) groups is 2. The van der Waals surface area contributed by atoms with Crippen LogP contribution in [0.4, 0.5) is 23.7 Å². The third-order valence-electron chi connectivity index (χ3n) is 4.64. The summed E-state index contributed by atoms with van der Waals surface area (Å²) in [6.07, 6.45) is -3.76. The van der Waals surface area contributed by atoms with Crippen LogP contribution in [0.25, 0.3) is 0 Å². The van der Waals surface area contributed by atoms with Gasteiger partial charge in [-0.1, -0.05) is 30.3 Å². The maximum Gasteiger partial charge on any atom is 0.416 e. The number of alkyl halides is 3. The molecule has 2 N–H and O–H groups in total. The van der Waals surface area contributed by atoms with Crippen molar-refractivity contribution in [2.75, 3.05) is 18.4 Å². The molecule has 1 aliphatic rings. The summed E-state index contributed by atoms with van der Waals surface area (Å²) in [6, 6.07) is 11.0. The number of urea groups is 1. The molecule has 8 heteroatoms. The first-order chi connectivity index (χ1) is 13.2. The van der Waals surface area contributed by atoms with E-state index in [2.05, 4.69) is 10.6 Å². The van der Waals surface area contributed by atoms with Crippen LogP contribution in [0.5, 0.6) is 0 Å². The number of benzene rings is 2. The summed E-state index contributed by atoms with van der Waals surface area (Å²) < 4.78 is 38.9. The molecule has 148 valence electrons. The van der Waals surface area contributed by atoms with Gasteiger partial charge in [-0.2, -0.15) is 13.2 Å². The molecule has 28 heavy (non-hydrogen) atoms. The van der Waals surface area contributed by atoms with Gasteiger partial charge < -0.3 is 15.5 Å². The van der Waals surface area contributed by atoms with Gasteiger partial charge in [-0.05, 0) is 42.2 Å². The number of amides is 3. The fraction of sp³-hybridized carbons (Fsp3) is 0.300. The van der Waals surface area contributed by atoms with Crippen LogP contribution in [-0.2, 0) is 23.9 Å². The summed E-state index contributed by atoms with van der Waals surface area (Å²) in [5.41, 5.74) is 1.56. The van der Waals surface area contributed by atoms with E-state index in [1.165, 1.54) is 24.6 Å². The number of hydrogen-bond donors (Lipinski definition) is 2. The van der Waals surface area contributed by atoms with Crippen molar-refractivity contribution in [3.8, 4) is 0 Å². The van der Waals surface area contributed by atoms with Gasteiger partial charge in [0.25, 0.3) is 0 Å². The summed E-state index contributed by atoms with van der Waals surface area (Å²) in [4.78, 5) is 25.9. The second-order valence-electron chi connectivity index (χ2n) is 6.67. The van der Waals surface area contributed by atoms with Crippen molar-refractivity contribution in [3.05, 3.63) is 64.7 Å². The van der Waals surface area contributed by atoms with E-state index in [0.29, 0.717) is 13.1 Å². The summed E-state index contributed by atoms with van der Waals surface area (Å²) in [5.74, 6) is -0.595. The maximum atomic E-state index is 13.0. The van der Waals surface area contributed by atoms with Crippen LogP contribution >= 0.6 is 0 Å². The highest BCUT2D eigenvalue weighted by Crippen LogP contribution is 2.33. The average molecular weight is 391 g/mol. The van der Waals surface area contributed by atoms with Gasteiger partial charge >= 0.3 is 12.2 Å². The van der Waals surface area contributed by atoms with E-state index in [1.807, 2.05) is 24.3 Å². The van der Waals surface area contributed by atoms with E-state index in [4.69, 9.17) is 0 Å². The standard InChI is InChI=1S/C20H20F3N3O2/c1-13-6-7-16(10-17(13)20(21,22)23)25-18(27)11-24-19(28)26-9-8-14-4-2-3-5-15(14)12-26/h2-7,10H,8-9,11-12H2,1H3,(H,24,28)(H,25,27). The van der Waals surface area contributed by atoms with E-state index < -0.39 is 17.6 Å². The van der Waals surface area contributed by atoms with Crippen molar-refractivity contribution in [1.82, 2.24) is 10.2 Å². The number of rotatable bonds is 3. The Labute approximate surface area is 160 Å². The van der Waals surface area contributed by atoms with E-state index in [9.17, 15) is 22.8 Å². The first-order valence-corrected chi connectivity index (χ1v) is 8.81. The van der Waals surface area contributed by atoms with Gasteiger partial charge in [0.2, 0.25) is 5.91 Å². The summed E-state index contributed by atoms with van der Waals surface area (Å²) in [5, 5.41) is 4.90. The quantitative estimate of drug-likeness (QED) is 0.838. The largest absolute Gasteiger partial charge is 0.416 e. The summed E-state index contributed by atoms with van der Waals surface area (Å²) in [7, 11) is 0. The lowest BCUT2D eigenvalue weighted by molar-refractivity contribution is -0.138. The third kappa shape index (κ3) is 4.62. The Balaban J connectivity index is 1.54. The molecule has 1 heterocycles. The van der Waals surface area contributed by atoms with Gasteiger partial charge in [-0.3, -0.25) is 4.79 Å². The van der Waals surface area contributed by atoms with Crippen LogP contribution in [0.1, 0.15) is 22.3 Å². The van der Waals surface area contributed by atoms with Gasteiger partial charge in [0.05, 0.1) is 12.1 Å². The van der Waals surface area contributed by atoms with E-state index >= 15 is 0 Å². The minimum atomic E-state index is -4.50. The Morgan fingerprint density at radius 2 is 1.82 bits per heavy atom. The fourth-order valence-electron chi connectivity index (χ4n) is 3.15. The topological polar surface area (TPSA) is 61.4 Å². The zero-order valence-electron chi connectivity index (χ0n) is 15.3. The molecule has 0 aliphatic carbocycles. The monoisotopic (exact) mass is 391 g/mol. The Bertz CT molecular complexity index is 897. The van der Waals surface area contributed by atoms with E-state index in [0.717, 1.165) is 18.1 Å². The first-order valence-electron chi connectivity index (χ1n) is 8.81. The molecule has 2 aromatic rings. The molecule has 0 bridgehead atoms. The van der Waals surface area contributed by atoms with E-state index in [-0.39, 0.29) is 23.8 Å². The molecule has 0 unspecified atom stereocenters. The molecule has 0 radical (unpaired) electrons. The molecule has 3 rings (SSSR count). The Kier molecular flexibility index (Phi) is 5.58. The number of anilines is 1. The molecule has 0 fully saturated rings. The number of aryl methyl sites for hydroxylation is 1. The molecule has 2 aromatic carbocycles. The van der Waals surface area contributed by atoms with Crippen LogP contribution in [-0.4, -0.2) is 29.9 Å². The minimum absolute atomic E-state index is 0.0315. The number of halogens is 3. The zero-order chi connectivity index (χ0) is 20.3. The predicted molar refractivity (Wildman–Crippen MR) is 98.8 cm³/mol. The van der Waals surface area contributed by atoms with Crippen molar-refractivity contribution in [1.29, 1.82) is 0 Å². The summed E-state index contributed by atoms with van der Waals surface area (Å²) >= 11 is 0. The summed E-state index contributed by atoms with van der Waals surface area (Å²) in [6.45, 7) is 2.02. The molecule has 1 aliphatic heterocycles. The highest BCUT2D eigenvalue weighted by Gasteiger charge is 2.32. The van der Waals surface area contributed by atoms with Crippen molar-refractivity contribution in [3.63, 3.8) is 0 Å². The maximum absolute atomic E-state index is 13.0. The SMILES string of the molecule is Cc1ccc(NC(=O)CNC(=O)N2CCc3ccccc3C2)cc1C(F)(F)F. The Morgan fingerprint density at radius 3 is 2.54 bits per heavy atom. The predicted octanol–water partition coefficient (Wildman–Crippen LogP) is 3.72. The lowest BCUT2D eigenvalue weighted by atomic mass is 10.0.